The zero-order valence-electron chi connectivity index (χ0n) is 7.05. The van der Waals surface area contributed by atoms with Crippen LogP contribution in [-0.4, -0.2) is 16.5 Å². The lowest BCUT2D eigenvalue weighted by atomic mass is 10.3. The van der Waals surface area contributed by atoms with Gasteiger partial charge in [0.1, 0.15) is 5.75 Å². The minimum atomic E-state index is -5.59. The average Bonchev–Trinajstić information content (AvgIpc) is 2.06. The summed E-state index contributed by atoms with van der Waals surface area (Å²) in [7, 11) is 0. The topological polar surface area (TPSA) is 20.2 Å². The van der Waals surface area contributed by atoms with Gasteiger partial charge in [-0.1, -0.05) is 0 Å². The summed E-state index contributed by atoms with van der Waals surface area (Å²) in [6.45, 7) is 0. The van der Waals surface area contributed by atoms with Gasteiger partial charge in [0.25, 0.3) is 0 Å². The smallest absolute Gasteiger partial charge is 0.464 e. The zero-order chi connectivity index (χ0) is 11.7. The van der Waals surface area contributed by atoms with Crippen molar-refractivity contribution in [3.05, 3.63) is 24.3 Å². The van der Waals surface area contributed by atoms with E-state index in [4.69, 9.17) is 5.11 Å². The Hall–Kier alpha value is -0.980. The van der Waals surface area contributed by atoms with Crippen LogP contribution in [0.2, 0.25) is 0 Å². The van der Waals surface area contributed by atoms with Crippen molar-refractivity contribution >= 4 is 11.8 Å². The molecule has 0 aliphatic rings. The molecular weight excluding hydrogens is 239 g/mol. The Morgan fingerprint density at radius 1 is 0.933 bits per heavy atom. The highest BCUT2D eigenvalue weighted by atomic mass is 32.2. The summed E-state index contributed by atoms with van der Waals surface area (Å²) in [5.41, 5.74) is 0. The number of phenols is 1. The minimum Gasteiger partial charge on any atom is -0.508 e. The molecule has 0 radical (unpaired) electrons. The van der Waals surface area contributed by atoms with Crippen molar-refractivity contribution in [3.63, 3.8) is 0 Å². The van der Waals surface area contributed by atoms with Crippen LogP contribution >= 0.6 is 11.8 Å². The van der Waals surface area contributed by atoms with Crippen molar-refractivity contribution < 1.29 is 27.1 Å². The van der Waals surface area contributed by atoms with Crippen molar-refractivity contribution in [3.8, 4) is 5.75 Å². The van der Waals surface area contributed by atoms with Crippen LogP contribution in [0.1, 0.15) is 0 Å². The van der Waals surface area contributed by atoms with Gasteiger partial charge in [-0.3, -0.25) is 0 Å². The highest BCUT2D eigenvalue weighted by molar-refractivity contribution is 8.00. The van der Waals surface area contributed by atoms with Crippen LogP contribution in [-0.2, 0) is 0 Å². The van der Waals surface area contributed by atoms with Crippen LogP contribution in [0.4, 0.5) is 22.0 Å². The van der Waals surface area contributed by atoms with Gasteiger partial charge in [-0.25, -0.2) is 0 Å². The SMILES string of the molecule is Oc1ccc(SC(F)(F)C(F)(F)F)cc1. The molecule has 15 heavy (non-hydrogen) atoms. The van der Waals surface area contributed by atoms with Crippen LogP contribution in [0.3, 0.4) is 0 Å². The molecule has 0 aliphatic heterocycles. The van der Waals surface area contributed by atoms with E-state index in [0.717, 1.165) is 24.3 Å². The Kier molecular flexibility index (Phi) is 3.13. The van der Waals surface area contributed by atoms with Gasteiger partial charge in [0.2, 0.25) is 0 Å². The molecule has 1 aromatic carbocycles. The lowest BCUT2D eigenvalue weighted by molar-refractivity contribution is -0.237. The maximum atomic E-state index is 12.5. The summed E-state index contributed by atoms with van der Waals surface area (Å²) in [6.07, 6.45) is -5.59. The van der Waals surface area contributed by atoms with E-state index in [1.54, 1.807) is 0 Å². The van der Waals surface area contributed by atoms with E-state index in [1.807, 2.05) is 0 Å². The first-order chi connectivity index (χ1) is 6.72. The van der Waals surface area contributed by atoms with Crippen LogP contribution in [0.5, 0.6) is 5.75 Å². The van der Waals surface area contributed by atoms with Crippen molar-refractivity contribution in [1.82, 2.24) is 0 Å². The Labute approximate surface area is 85.9 Å². The number of benzene rings is 1. The Bertz CT molecular complexity index is 332. The first-order valence-electron chi connectivity index (χ1n) is 3.65. The fraction of sp³-hybridized carbons (Fsp3) is 0.250. The number of alkyl halides is 5. The second-order valence-electron chi connectivity index (χ2n) is 2.61. The molecule has 1 N–H and O–H groups in total. The third kappa shape index (κ3) is 2.98. The number of phenolic OH excluding ortho intramolecular Hbond substituents is 1. The Balaban J connectivity index is 2.82. The van der Waals surface area contributed by atoms with Gasteiger partial charge in [-0.15, -0.1) is 0 Å². The number of thioether (sulfide) groups is 1. The Morgan fingerprint density at radius 2 is 1.40 bits per heavy atom. The summed E-state index contributed by atoms with van der Waals surface area (Å²) in [6, 6.07) is 4.04. The van der Waals surface area contributed by atoms with E-state index in [9.17, 15) is 22.0 Å². The van der Waals surface area contributed by atoms with E-state index < -0.39 is 23.2 Å². The maximum Gasteiger partial charge on any atom is 0.464 e. The molecule has 0 aromatic heterocycles. The van der Waals surface area contributed by atoms with Gasteiger partial charge in [0, 0.05) is 4.90 Å². The lowest BCUT2D eigenvalue weighted by Gasteiger charge is -2.18. The molecule has 1 aromatic rings. The third-order valence-electron chi connectivity index (χ3n) is 1.41. The van der Waals surface area contributed by atoms with Gasteiger partial charge in [0.15, 0.2) is 0 Å². The molecule has 0 atom stereocenters. The lowest BCUT2D eigenvalue weighted by Crippen LogP contribution is -2.32. The van der Waals surface area contributed by atoms with E-state index in [2.05, 4.69) is 0 Å². The molecule has 7 heteroatoms. The molecular formula is C8H5F5OS. The molecule has 0 bridgehead atoms. The van der Waals surface area contributed by atoms with Crippen LogP contribution in [0.25, 0.3) is 0 Å². The van der Waals surface area contributed by atoms with Crippen LogP contribution in [0.15, 0.2) is 29.2 Å². The largest absolute Gasteiger partial charge is 0.508 e. The number of rotatable bonds is 2. The van der Waals surface area contributed by atoms with Crippen molar-refractivity contribution in [2.45, 2.75) is 16.3 Å². The summed E-state index contributed by atoms with van der Waals surface area (Å²) in [5.74, 6) is -0.199. The molecule has 0 saturated carbocycles. The predicted molar refractivity (Wildman–Crippen MR) is 45.0 cm³/mol. The molecule has 0 amide bonds. The van der Waals surface area contributed by atoms with E-state index in [0.29, 0.717) is 0 Å². The van der Waals surface area contributed by atoms with Crippen LogP contribution < -0.4 is 0 Å². The van der Waals surface area contributed by atoms with E-state index >= 15 is 0 Å². The summed E-state index contributed by atoms with van der Waals surface area (Å²) < 4.78 is 60.3. The summed E-state index contributed by atoms with van der Waals surface area (Å²) in [5, 5.41) is 3.97. The van der Waals surface area contributed by atoms with Crippen molar-refractivity contribution in [1.29, 1.82) is 0 Å². The molecule has 0 saturated heterocycles. The predicted octanol–water partition coefficient (Wildman–Crippen LogP) is 3.64. The zero-order valence-corrected chi connectivity index (χ0v) is 7.87. The second kappa shape index (κ2) is 3.88. The van der Waals surface area contributed by atoms with Gasteiger partial charge in [0.05, 0.1) is 0 Å². The highest BCUT2D eigenvalue weighted by Crippen LogP contribution is 2.47. The Morgan fingerprint density at radius 3 is 1.80 bits per heavy atom. The number of hydrogen-bond donors (Lipinski definition) is 1. The van der Waals surface area contributed by atoms with Gasteiger partial charge >= 0.3 is 11.4 Å². The average molecular weight is 244 g/mol. The molecule has 1 rings (SSSR count). The number of hydrogen-bond acceptors (Lipinski definition) is 2. The van der Waals surface area contributed by atoms with Crippen molar-refractivity contribution in [2.75, 3.05) is 0 Å². The molecule has 0 unspecified atom stereocenters. The number of aromatic hydroxyl groups is 1. The molecule has 0 spiro atoms. The molecule has 0 heterocycles. The molecule has 84 valence electrons. The highest BCUT2D eigenvalue weighted by Gasteiger charge is 2.58. The normalized spacial score (nSPS) is 12.9. The fourth-order valence-electron chi connectivity index (χ4n) is 0.720. The third-order valence-corrected chi connectivity index (χ3v) is 2.41. The maximum absolute atomic E-state index is 12.5. The van der Waals surface area contributed by atoms with Crippen molar-refractivity contribution in [2.24, 2.45) is 0 Å². The molecule has 1 nitrogen and oxygen atoms in total. The first kappa shape index (κ1) is 12.1. The number of halogens is 5. The van der Waals surface area contributed by atoms with Gasteiger partial charge < -0.3 is 5.11 Å². The summed E-state index contributed by atoms with van der Waals surface area (Å²) in [4.78, 5) is -0.268. The fourth-order valence-corrected chi connectivity index (χ4v) is 1.40. The minimum absolute atomic E-state index is 0.199. The molecule has 0 aliphatic carbocycles. The monoisotopic (exact) mass is 244 g/mol. The molecule has 0 fully saturated rings. The van der Waals surface area contributed by atoms with Gasteiger partial charge in [-0.2, -0.15) is 22.0 Å². The standard InChI is InChI=1S/C8H5F5OS/c9-7(10,11)8(12,13)15-6-3-1-5(14)2-4-6/h1-4,14H. The quantitative estimate of drug-likeness (QED) is 0.633. The first-order valence-corrected chi connectivity index (χ1v) is 4.46. The second-order valence-corrected chi connectivity index (χ2v) is 3.80. The summed E-state index contributed by atoms with van der Waals surface area (Å²) >= 11 is -0.608. The van der Waals surface area contributed by atoms with Gasteiger partial charge in [-0.05, 0) is 36.0 Å². The van der Waals surface area contributed by atoms with Crippen LogP contribution in [0, 0.1) is 0 Å². The van der Waals surface area contributed by atoms with E-state index in [-0.39, 0.29) is 10.6 Å². The van der Waals surface area contributed by atoms with E-state index in [1.165, 1.54) is 0 Å².